The average molecular weight is 311 g/mol. The van der Waals surface area contributed by atoms with Crippen LogP contribution in [0, 0.1) is 11.8 Å². The first kappa shape index (κ1) is 16.0. The van der Waals surface area contributed by atoms with Crippen molar-refractivity contribution in [3.05, 3.63) is 17.0 Å². The summed E-state index contributed by atoms with van der Waals surface area (Å²) in [6.07, 6.45) is 5.64. The fraction of sp³-hybridized carbons (Fsp3) is 0.667. The molecule has 0 radical (unpaired) electrons. The molecule has 0 spiro atoms. The number of aromatic nitrogens is 2. The molecule has 2 unspecified atom stereocenters. The molecule has 1 aromatic rings. The normalized spacial score (nSPS) is 22.1. The van der Waals surface area contributed by atoms with E-state index in [1.807, 2.05) is 13.8 Å². The van der Waals surface area contributed by atoms with Crippen molar-refractivity contribution in [1.29, 1.82) is 0 Å². The number of hydrazine groups is 1. The van der Waals surface area contributed by atoms with Gasteiger partial charge < -0.3 is 0 Å². The van der Waals surface area contributed by atoms with Gasteiger partial charge in [0, 0.05) is 11.5 Å². The summed E-state index contributed by atoms with van der Waals surface area (Å²) in [7, 11) is 0. The van der Waals surface area contributed by atoms with Crippen LogP contribution in [0.3, 0.4) is 0 Å². The summed E-state index contributed by atoms with van der Waals surface area (Å²) in [4.78, 5) is 20.4. The second-order valence-electron chi connectivity index (χ2n) is 6.16. The van der Waals surface area contributed by atoms with Crippen LogP contribution in [0.4, 0.5) is 5.82 Å². The van der Waals surface area contributed by atoms with Crippen molar-refractivity contribution in [2.45, 2.75) is 52.4 Å². The minimum Gasteiger partial charge on any atom is -0.281 e. The van der Waals surface area contributed by atoms with E-state index in [0.29, 0.717) is 16.9 Å². The first-order valence-corrected chi connectivity index (χ1v) is 7.93. The molecule has 1 saturated carbocycles. The van der Waals surface area contributed by atoms with Gasteiger partial charge in [-0.05, 0) is 24.7 Å². The lowest BCUT2D eigenvalue weighted by Gasteiger charge is -2.26. The maximum Gasteiger partial charge on any atom is 0.241 e. The van der Waals surface area contributed by atoms with Crippen molar-refractivity contribution in [2.75, 3.05) is 5.43 Å². The highest BCUT2D eigenvalue weighted by atomic mass is 35.5. The summed E-state index contributed by atoms with van der Waals surface area (Å²) in [6.45, 7) is 6.23. The number of rotatable bonds is 4. The SMILES string of the molecule is CC1CCCC(C(=O)NNc2ncnc(Cl)c2C(C)C)C1. The van der Waals surface area contributed by atoms with Gasteiger partial charge in [-0.15, -0.1) is 0 Å². The third-order valence-electron chi connectivity index (χ3n) is 4.02. The van der Waals surface area contributed by atoms with E-state index in [-0.39, 0.29) is 17.7 Å². The molecule has 2 atom stereocenters. The van der Waals surface area contributed by atoms with Gasteiger partial charge in [0.1, 0.15) is 11.5 Å². The lowest BCUT2D eigenvalue weighted by molar-refractivity contribution is -0.125. The van der Waals surface area contributed by atoms with Crippen LogP contribution in [0.1, 0.15) is 57.9 Å². The van der Waals surface area contributed by atoms with Crippen LogP contribution in [0.5, 0.6) is 0 Å². The van der Waals surface area contributed by atoms with Crippen LogP contribution < -0.4 is 10.9 Å². The minimum absolute atomic E-state index is 0.0333. The van der Waals surface area contributed by atoms with Gasteiger partial charge in [0.25, 0.3) is 0 Å². The van der Waals surface area contributed by atoms with Crippen molar-refractivity contribution >= 4 is 23.3 Å². The lowest BCUT2D eigenvalue weighted by Crippen LogP contribution is -2.37. The van der Waals surface area contributed by atoms with Gasteiger partial charge in [-0.25, -0.2) is 9.97 Å². The van der Waals surface area contributed by atoms with Crippen LogP contribution in [0.25, 0.3) is 0 Å². The van der Waals surface area contributed by atoms with Crippen LogP contribution in [-0.2, 0) is 4.79 Å². The molecule has 0 bridgehead atoms. The maximum atomic E-state index is 12.2. The molecular formula is C15H23ClN4O. The Morgan fingerprint density at radius 3 is 2.81 bits per heavy atom. The second-order valence-corrected chi connectivity index (χ2v) is 6.52. The molecule has 0 saturated heterocycles. The van der Waals surface area contributed by atoms with Crippen molar-refractivity contribution in [1.82, 2.24) is 15.4 Å². The first-order valence-electron chi connectivity index (χ1n) is 7.55. The number of carbonyl (C=O) groups excluding carboxylic acids is 1. The van der Waals surface area contributed by atoms with E-state index in [4.69, 9.17) is 11.6 Å². The Morgan fingerprint density at radius 2 is 2.14 bits per heavy atom. The maximum absolute atomic E-state index is 12.2. The number of carbonyl (C=O) groups is 1. The lowest BCUT2D eigenvalue weighted by atomic mass is 9.82. The number of anilines is 1. The Hall–Kier alpha value is -1.36. The quantitative estimate of drug-likeness (QED) is 0.659. The Kier molecular flexibility index (Phi) is 5.39. The smallest absolute Gasteiger partial charge is 0.241 e. The molecule has 1 aromatic heterocycles. The van der Waals surface area contributed by atoms with Gasteiger partial charge in [-0.2, -0.15) is 0 Å². The number of hydrogen-bond donors (Lipinski definition) is 2. The number of amides is 1. The molecule has 1 aliphatic rings. The molecule has 116 valence electrons. The summed E-state index contributed by atoms with van der Waals surface area (Å²) in [6, 6.07) is 0. The number of halogens is 1. The zero-order chi connectivity index (χ0) is 15.4. The van der Waals surface area contributed by atoms with Gasteiger partial charge >= 0.3 is 0 Å². The Morgan fingerprint density at radius 1 is 1.38 bits per heavy atom. The zero-order valence-corrected chi connectivity index (χ0v) is 13.6. The summed E-state index contributed by atoms with van der Waals surface area (Å²) in [5, 5.41) is 0.419. The third kappa shape index (κ3) is 4.06. The molecule has 1 heterocycles. The zero-order valence-electron chi connectivity index (χ0n) is 12.8. The van der Waals surface area contributed by atoms with E-state index in [9.17, 15) is 4.79 Å². The van der Waals surface area contributed by atoms with E-state index in [0.717, 1.165) is 24.8 Å². The van der Waals surface area contributed by atoms with E-state index >= 15 is 0 Å². The highest BCUT2D eigenvalue weighted by Gasteiger charge is 2.25. The van der Waals surface area contributed by atoms with Gasteiger partial charge in [-0.3, -0.25) is 15.6 Å². The molecule has 1 fully saturated rings. The van der Waals surface area contributed by atoms with E-state index in [2.05, 4.69) is 27.7 Å². The molecular weight excluding hydrogens is 288 g/mol. The number of nitrogens with zero attached hydrogens (tertiary/aromatic N) is 2. The van der Waals surface area contributed by atoms with Crippen LogP contribution in [-0.4, -0.2) is 15.9 Å². The summed E-state index contributed by atoms with van der Waals surface area (Å²) < 4.78 is 0. The Bertz CT molecular complexity index is 506. The van der Waals surface area contributed by atoms with E-state index in [1.165, 1.54) is 12.7 Å². The second kappa shape index (κ2) is 7.07. The molecule has 6 heteroatoms. The molecule has 0 aliphatic heterocycles. The van der Waals surface area contributed by atoms with Crippen molar-refractivity contribution in [3.8, 4) is 0 Å². The average Bonchev–Trinajstić information content (AvgIpc) is 2.44. The summed E-state index contributed by atoms with van der Waals surface area (Å²) in [5.41, 5.74) is 6.50. The monoisotopic (exact) mass is 310 g/mol. The molecule has 5 nitrogen and oxygen atoms in total. The van der Waals surface area contributed by atoms with E-state index < -0.39 is 0 Å². The van der Waals surface area contributed by atoms with Gasteiger partial charge in [0.2, 0.25) is 5.91 Å². The highest BCUT2D eigenvalue weighted by molar-refractivity contribution is 6.30. The van der Waals surface area contributed by atoms with Gasteiger partial charge in [0.15, 0.2) is 5.82 Å². The predicted octanol–water partition coefficient (Wildman–Crippen LogP) is 3.52. The molecule has 1 amide bonds. The minimum atomic E-state index is 0.0333. The summed E-state index contributed by atoms with van der Waals surface area (Å²) >= 11 is 6.10. The summed E-state index contributed by atoms with van der Waals surface area (Å²) in [5.74, 6) is 1.48. The standard InChI is InChI=1S/C15H23ClN4O/c1-9(2)12-13(16)17-8-18-14(12)19-20-15(21)11-6-4-5-10(3)7-11/h8-11H,4-7H2,1-3H3,(H,20,21)(H,17,18,19). The third-order valence-corrected chi connectivity index (χ3v) is 4.33. The topological polar surface area (TPSA) is 66.9 Å². The number of nitrogens with one attached hydrogen (secondary N) is 2. The van der Waals surface area contributed by atoms with Crippen molar-refractivity contribution in [3.63, 3.8) is 0 Å². The van der Waals surface area contributed by atoms with E-state index in [1.54, 1.807) is 0 Å². The van der Waals surface area contributed by atoms with Crippen LogP contribution in [0.2, 0.25) is 5.15 Å². The Balaban J connectivity index is 2.00. The Labute approximate surface area is 130 Å². The first-order chi connectivity index (χ1) is 9.99. The molecule has 2 rings (SSSR count). The van der Waals surface area contributed by atoms with Crippen LogP contribution in [0.15, 0.2) is 6.33 Å². The molecule has 0 aromatic carbocycles. The largest absolute Gasteiger partial charge is 0.281 e. The molecule has 21 heavy (non-hydrogen) atoms. The van der Waals surface area contributed by atoms with Crippen molar-refractivity contribution < 1.29 is 4.79 Å². The van der Waals surface area contributed by atoms with Gasteiger partial charge in [-0.1, -0.05) is 45.2 Å². The highest BCUT2D eigenvalue weighted by Crippen LogP contribution is 2.29. The molecule has 1 aliphatic carbocycles. The predicted molar refractivity (Wildman–Crippen MR) is 84.0 cm³/mol. The van der Waals surface area contributed by atoms with Crippen molar-refractivity contribution in [2.24, 2.45) is 11.8 Å². The van der Waals surface area contributed by atoms with Gasteiger partial charge in [0.05, 0.1) is 0 Å². The molecule has 2 N–H and O–H groups in total. The van der Waals surface area contributed by atoms with Crippen LogP contribution >= 0.6 is 11.6 Å². The number of hydrogen-bond acceptors (Lipinski definition) is 4. The fourth-order valence-corrected chi connectivity index (χ4v) is 3.23. The fourth-order valence-electron chi connectivity index (χ4n) is 2.88.